The number of pyridine rings is 1. The van der Waals surface area contributed by atoms with Crippen LogP contribution in [0, 0.1) is 26.6 Å². The van der Waals surface area contributed by atoms with Gasteiger partial charge in [0.25, 0.3) is 0 Å². The molecule has 2 aromatic carbocycles. The number of imidazole rings is 1. The van der Waals surface area contributed by atoms with E-state index < -0.39 is 22.3 Å². The van der Waals surface area contributed by atoms with Gasteiger partial charge >= 0.3 is 0 Å². The maximum absolute atomic E-state index is 15.1. The van der Waals surface area contributed by atoms with E-state index in [-0.39, 0.29) is 16.6 Å². The Morgan fingerprint density at radius 1 is 1.02 bits per heavy atom. The van der Waals surface area contributed by atoms with Crippen LogP contribution in [0.1, 0.15) is 48.7 Å². The van der Waals surface area contributed by atoms with E-state index in [1.807, 2.05) is 48.9 Å². The van der Waals surface area contributed by atoms with Gasteiger partial charge in [-0.15, -0.1) is 0 Å². The highest BCUT2D eigenvalue weighted by Crippen LogP contribution is 2.39. The lowest BCUT2D eigenvalue weighted by atomic mass is 9.97. The average molecular weight is 617 g/mol. The van der Waals surface area contributed by atoms with Gasteiger partial charge in [0.1, 0.15) is 23.4 Å². The van der Waals surface area contributed by atoms with E-state index in [0.717, 1.165) is 49.1 Å². The van der Waals surface area contributed by atoms with E-state index in [9.17, 15) is 13.5 Å². The summed E-state index contributed by atoms with van der Waals surface area (Å²) in [6.45, 7) is 4.82. The summed E-state index contributed by atoms with van der Waals surface area (Å²) >= 11 is 0. The number of benzene rings is 2. The highest BCUT2D eigenvalue weighted by Gasteiger charge is 2.24. The predicted molar refractivity (Wildman–Crippen MR) is 164 cm³/mol. The average Bonchev–Trinajstić information content (AvgIpc) is 3.72. The molecule has 1 N–H and O–H groups in total. The Morgan fingerprint density at radius 2 is 1.77 bits per heavy atom. The number of rotatable bonds is 8. The van der Waals surface area contributed by atoms with Crippen LogP contribution < -0.4 is 4.74 Å². The highest BCUT2D eigenvalue weighted by atomic mass is 32.2. The normalized spacial score (nSPS) is 14.0. The number of nitrogens with zero attached hydrogens (tertiary/aromatic N) is 4. The maximum Gasteiger partial charge on any atom is 0.213 e. The van der Waals surface area contributed by atoms with Crippen LogP contribution in [0.25, 0.3) is 39.4 Å². The fraction of sp³-hybridized carbons (Fsp3) is 0.303. The fourth-order valence-corrected chi connectivity index (χ4v) is 6.76. The highest BCUT2D eigenvalue weighted by molar-refractivity contribution is 7.90. The first-order chi connectivity index (χ1) is 21.0. The number of oxazole rings is 1. The quantitative estimate of drug-likeness (QED) is 0.209. The molecule has 1 aliphatic rings. The molecule has 0 spiro atoms. The molecule has 1 fully saturated rings. The number of aliphatic hydroxyl groups excluding tert-OH is 1. The molecular weight excluding hydrogens is 583 g/mol. The Bertz CT molecular complexity index is 1960. The van der Waals surface area contributed by atoms with Crippen molar-refractivity contribution < 1.29 is 27.1 Å². The second-order valence-electron chi connectivity index (χ2n) is 11.2. The predicted octanol–water partition coefficient (Wildman–Crippen LogP) is 6.54. The van der Waals surface area contributed by atoms with Crippen LogP contribution >= 0.6 is 0 Å². The molecule has 0 saturated heterocycles. The van der Waals surface area contributed by atoms with Crippen molar-refractivity contribution in [2.45, 2.75) is 64.1 Å². The number of ether oxygens (including phenoxy) is 1. The summed E-state index contributed by atoms with van der Waals surface area (Å²) in [4.78, 5) is 13.6. The van der Waals surface area contributed by atoms with Crippen LogP contribution in [0.5, 0.6) is 5.88 Å². The molecular formula is C33H33FN4O5S. The van der Waals surface area contributed by atoms with E-state index in [1.165, 1.54) is 12.1 Å². The van der Waals surface area contributed by atoms with E-state index in [0.29, 0.717) is 45.5 Å². The lowest BCUT2D eigenvalue weighted by molar-refractivity contribution is 0.201. The molecule has 0 radical (unpaired) electrons. The largest absolute Gasteiger partial charge is 0.474 e. The van der Waals surface area contributed by atoms with Crippen LogP contribution in [-0.4, -0.2) is 45.4 Å². The molecule has 0 unspecified atom stereocenters. The number of halogens is 1. The van der Waals surface area contributed by atoms with Gasteiger partial charge in [-0.1, -0.05) is 6.07 Å². The fourth-order valence-electron chi connectivity index (χ4n) is 5.81. The van der Waals surface area contributed by atoms with Gasteiger partial charge in [-0.2, -0.15) is 0 Å². The van der Waals surface area contributed by atoms with E-state index in [1.54, 1.807) is 19.2 Å². The zero-order valence-corrected chi connectivity index (χ0v) is 25.8. The Labute approximate surface area is 255 Å². The van der Waals surface area contributed by atoms with E-state index in [4.69, 9.17) is 14.1 Å². The first-order valence-electron chi connectivity index (χ1n) is 14.4. The Balaban J connectivity index is 1.51. The molecule has 3 heterocycles. The maximum atomic E-state index is 15.1. The van der Waals surface area contributed by atoms with Gasteiger partial charge in [0, 0.05) is 48.3 Å². The zero-order chi connectivity index (χ0) is 31.2. The Kier molecular flexibility index (Phi) is 7.85. The second kappa shape index (κ2) is 11.6. The summed E-state index contributed by atoms with van der Waals surface area (Å²) in [6.07, 6.45) is 9.16. The molecule has 0 aliphatic heterocycles. The number of aryl methyl sites for hydroxylation is 3. The molecule has 0 amide bonds. The molecule has 6 rings (SSSR count). The summed E-state index contributed by atoms with van der Waals surface area (Å²) in [5, 5.41) is 9.69. The van der Waals surface area contributed by atoms with Crippen molar-refractivity contribution in [2.24, 2.45) is 0 Å². The van der Waals surface area contributed by atoms with Crippen molar-refractivity contribution >= 4 is 9.84 Å². The lowest BCUT2D eigenvalue weighted by Crippen LogP contribution is -2.11. The molecule has 3 aromatic heterocycles. The zero-order valence-electron chi connectivity index (χ0n) is 25.0. The summed E-state index contributed by atoms with van der Waals surface area (Å²) < 4.78 is 54.3. The first-order valence-corrected chi connectivity index (χ1v) is 16.3. The topological polar surface area (TPSA) is 120 Å². The summed E-state index contributed by atoms with van der Waals surface area (Å²) in [5.41, 5.74) is 4.11. The van der Waals surface area contributed by atoms with Gasteiger partial charge in [-0.25, -0.2) is 27.8 Å². The molecule has 228 valence electrons. The van der Waals surface area contributed by atoms with Crippen LogP contribution in [0.3, 0.4) is 0 Å². The van der Waals surface area contributed by atoms with Crippen LogP contribution in [0.2, 0.25) is 0 Å². The lowest BCUT2D eigenvalue weighted by Gasteiger charge is -2.15. The molecule has 1 aliphatic carbocycles. The van der Waals surface area contributed by atoms with Gasteiger partial charge in [0.2, 0.25) is 5.88 Å². The molecule has 11 heteroatoms. The number of aliphatic hydroxyl groups is 1. The van der Waals surface area contributed by atoms with E-state index >= 15 is 4.39 Å². The van der Waals surface area contributed by atoms with Crippen LogP contribution in [0.15, 0.2) is 64.2 Å². The van der Waals surface area contributed by atoms with Crippen molar-refractivity contribution in [3.05, 3.63) is 83.6 Å². The van der Waals surface area contributed by atoms with Gasteiger partial charge in [-0.05, 0) is 81.0 Å². The van der Waals surface area contributed by atoms with Gasteiger partial charge in [0.15, 0.2) is 21.5 Å². The molecule has 0 bridgehead atoms. The van der Waals surface area contributed by atoms with Crippen molar-refractivity contribution in [3.63, 3.8) is 0 Å². The Morgan fingerprint density at radius 3 is 2.41 bits per heavy atom. The minimum Gasteiger partial charge on any atom is -0.474 e. The number of aromatic nitrogens is 4. The summed E-state index contributed by atoms with van der Waals surface area (Å²) in [6, 6.07) is 11.8. The standard InChI is InChI=1S/C33H33FN4O5S/c1-19-17-38(20(2)36-19)29-11-9-22(24-14-28(34)27(18-39)30(15-24)44(4,40)41)13-26(29)32-33(42-21(3)37-32)23-10-12-31(35-16-23)43-25-7-5-6-8-25/h9-17,25,39H,5-8,18H2,1-4H3. The molecule has 5 aromatic rings. The van der Waals surface area contributed by atoms with Gasteiger partial charge in [-0.3, -0.25) is 0 Å². The SMILES string of the molecule is Cc1cn(-c2ccc(-c3cc(F)c(CO)c(S(C)(=O)=O)c3)cc2-c2nc(C)oc2-c2ccc(OC3CCCC3)nc2)c(C)n1. The number of hydrogen-bond donors (Lipinski definition) is 1. The molecule has 0 atom stereocenters. The minimum atomic E-state index is -3.82. The molecule has 1 saturated carbocycles. The van der Waals surface area contributed by atoms with Gasteiger partial charge in [0.05, 0.1) is 22.9 Å². The summed E-state index contributed by atoms with van der Waals surface area (Å²) in [5.74, 6) is 1.44. The van der Waals surface area contributed by atoms with Crippen LogP contribution in [0.4, 0.5) is 4.39 Å². The van der Waals surface area contributed by atoms with Gasteiger partial charge < -0.3 is 18.8 Å². The Hall–Kier alpha value is -4.35. The third-order valence-corrected chi connectivity index (χ3v) is 9.04. The number of sulfone groups is 1. The minimum absolute atomic E-state index is 0.183. The van der Waals surface area contributed by atoms with Crippen LogP contribution in [-0.2, 0) is 16.4 Å². The van der Waals surface area contributed by atoms with E-state index in [2.05, 4.69) is 9.97 Å². The van der Waals surface area contributed by atoms with Crippen molar-refractivity contribution in [1.29, 1.82) is 0 Å². The molecule has 44 heavy (non-hydrogen) atoms. The third-order valence-electron chi connectivity index (χ3n) is 7.88. The third kappa shape index (κ3) is 5.77. The number of hydrogen-bond acceptors (Lipinski definition) is 8. The monoisotopic (exact) mass is 616 g/mol. The van der Waals surface area contributed by atoms with Crippen molar-refractivity contribution in [3.8, 4) is 45.3 Å². The smallest absolute Gasteiger partial charge is 0.213 e. The van der Waals surface area contributed by atoms with Crippen molar-refractivity contribution in [2.75, 3.05) is 6.26 Å². The second-order valence-corrected chi connectivity index (χ2v) is 13.2. The van der Waals surface area contributed by atoms with Crippen molar-refractivity contribution in [1.82, 2.24) is 19.5 Å². The first kappa shape index (κ1) is 29.7. The summed E-state index contributed by atoms with van der Waals surface area (Å²) in [7, 11) is -3.82. The molecule has 9 nitrogen and oxygen atoms in total.